The number of hydrogen-bond acceptors (Lipinski definition) is 3. The Kier molecular flexibility index (Phi) is 6.50. The van der Waals surface area contributed by atoms with Gasteiger partial charge in [-0.15, -0.1) is 0 Å². The van der Waals surface area contributed by atoms with Gasteiger partial charge in [0.15, 0.2) is 5.96 Å². The predicted molar refractivity (Wildman–Crippen MR) is 111 cm³/mol. The van der Waals surface area contributed by atoms with Crippen molar-refractivity contribution in [2.75, 3.05) is 33.7 Å². The highest BCUT2D eigenvalue weighted by Crippen LogP contribution is 2.17. The molecule has 2 N–H and O–H groups in total. The first-order valence-electron chi connectivity index (χ1n) is 9.81. The lowest BCUT2D eigenvalue weighted by molar-refractivity contribution is 0.220. The first-order chi connectivity index (χ1) is 13.1. The molecule has 2 heterocycles. The number of nitrogens with one attached hydrogen (secondary N) is 2. The summed E-state index contributed by atoms with van der Waals surface area (Å²) in [6, 6.07) is 10.5. The standard InChI is InChI=1S/C21H32N6/c1-16-13-17(2)27(25-16)20-8-6-5-7-19(20)15-24-21(22-3)23-14-18-9-11-26(4)12-10-18/h5-8,13,18H,9-12,14-15H2,1-4H3,(H2,22,23,24). The molecule has 0 spiro atoms. The van der Waals surface area contributed by atoms with Gasteiger partial charge in [-0.2, -0.15) is 5.10 Å². The van der Waals surface area contributed by atoms with E-state index >= 15 is 0 Å². The second-order valence-corrected chi connectivity index (χ2v) is 7.52. The summed E-state index contributed by atoms with van der Waals surface area (Å²) in [6.45, 7) is 8.18. The van der Waals surface area contributed by atoms with Crippen LogP contribution < -0.4 is 10.6 Å². The third-order valence-corrected chi connectivity index (χ3v) is 5.30. The van der Waals surface area contributed by atoms with Crippen molar-refractivity contribution in [1.82, 2.24) is 25.3 Å². The van der Waals surface area contributed by atoms with Gasteiger partial charge in [-0.25, -0.2) is 4.68 Å². The minimum absolute atomic E-state index is 0.710. The third-order valence-electron chi connectivity index (χ3n) is 5.30. The Morgan fingerprint density at radius 3 is 2.59 bits per heavy atom. The van der Waals surface area contributed by atoms with Crippen LogP contribution in [0.3, 0.4) is 0 Å². The molecular weight excluding hydrogens is 336 g/mol. The quantitative estimate of drug-likeness (QED) is 0.629. The van der Waals surface area contributed by atoms with Gasteiger partial charge in [0.2, 0.25) is 0 Å². The molecule has 0 radical (unpaired) electrons. The number of rotatable bonds is 5. The molecule has 1 saturated heterocycles. The third kappa shape index (κ3) is 5.10. The molecule has 0 aliphatic carbocycles. The van der Waals surface area contributed by atoms with Gasteiger partial charge in [0.1, 0.15) is 0 Å². The van der Waals surface area contributed by atoms with E-state index < -0.39 is 0 Å². The van der Waals surface area contributed by atoms with Crippen molar-refractivity contribution in [3.05, 3.63) is 47.3 Å². The number of aryl methyl sites for hydroxylation is 2. The molecule has 6 heteroatoms. The van der Waals surface area contributed by atoms with Crippen LogP contribution >= 0.6 is 0 Å². The zero-order chi connectivity index (χ0) is 19.2. The van der Waals surface area contributed by atoms with E-state index in [0.717, 1.165) is 35.5 Å². The maximum absolute atomic E-state index is 4.63. The van der Waals surface area contributed by atoms with Crippen LogP contribution in [0.5, 0.6) is 0 Å². The van der Waals surface area contributed by atoms with E-state index in [4.69, 9.17) is 0 Å². The van der Waals surface area contributed by atoms with Crippen LogP contribution in [0.1, 0.15) is 29.8 Å². The minimum Gasteiger partial charge on any atom is -0.356 e. The van der Waals surface area contributed by atoms with Gasteiger partial charge in [0, 0.05) is 25.8 Å². The number of piperidine rings is 1. The van der Waals surface area contributed by atoms with E-state index in [1.165, 1.54) is 31.5 Å². The van der Waals surface area contributed by atoms with Crippen LogP contribution in [-0.4, -0.2) is 54.4 Å². The lowest BCUT2D eigenvalue weighted by atomic mass is 9.97. The van der Waals surface area contributed by atoms with Gasteiger partial charge in [-0.3, -0.25) is 4.99 Å². The smallest absolute Gasteiger partial charge is 0.191 e. The predicted octanol–water partition coefficient (Wildman–Crippen LogP) is 2.50. The highest BCUT2D eigenvalue weighted by Gasteiger charge is 2.17. The molecule has 3 rings (SSSR count). The van der Waals surface area contributed by atoms with Crippen molar-refractivity contribution in [2.45, 2.75) is 33.2 Å². The van der Waals surface area contributed by atoms with Crippen LogP contribution in [0.2, 0.25) is 0 Å². The van der Waals surface area contributed by atoms with Crippen LogP contribution in [0.15, 0.2) is 35.3 Å². The number of benzene rings is 1. The molecule has 0 atom stereocenters. The number of aromatic nitrogens is 2. The molecule has 1 aliphatic heterocycles. The summed E-state index contributed by atoms with van der Waals surface area (Å²) in [5, 5.41) is 11.6. The fourth-order valence-electron chi connectivity index (χ4n) is 3.65. The summed E-state index contributed by atoms with van der Waals surface area (Å²) in [4.78, 5) is 6.79. The highest BCUT2D eigenvalue weighted by molar-refractivity contribution is 5.79. The van der Waals surface area contributed by atoms with E-state index in [0.29, 0.717) is 6.54 Å². The molecule has 0 bridgehead atoms. The Morgan fingerprint density at radius 2 is 1.93 bits per heavy atom. The summed E-state index contributed by atoms with van der Waals surface area (Å²) in [5.74, 6) is 1.58. The summed E-state index contributed by atoms with van der Waals surface area (Å²) < 4.78 is 2.01. The molecule has 1 aliphatic rings. The largest absolute Gasteiger partial charge is 0.356 e. The van der Waals surface area contributed by atoms with Gasteiger partial charge < -0.3 is 15.5 Å². The van der Waals surface area contributed by atoms with Crippen LogP contribution in [0.4, 0.5) is 0 Å². The number of para-hydroxylation sites is 1. The van der Waals surface area contributed by atoms with Crippen molar-refractivity contribution >= 4 is 5.96 Å². The van der Waals surface area contributed by atoms with E-state index in [1.807, 2.05) is 18.7 Å². The molecule has 1 fully saturated rings. The Labute approximate surface area is 162 Å². The molecule has 0 amide bonds. The maximum atomic E-state index is 4.63. The lowest BCUT2D eigenvalue weighted by Gasteiger charge is -2.29. The molecule has 0 saturated carbocycles. The lowest BCUT2D eigenvalue weighted by Crippen LogP contribution is -2.42. The number of guanidine groups is 1. The van der Waals surface area contributed by atoms with E-state index in [-0.39, 0.29) is 0 Å². The fourth-order valence-corrected chi connectivity index (χ4v) is 3.65. The monoisotopic (exact) mass is 368 g/mol. The molecule has 0 unspecified atom stereocenters. The van der Waals surface area contributed by atoms with Crippen LogP contribution in [0.25, 0.3) is 5.69 Å². The van der Waals surface area contributed by atoms with Gasteiger partial charge in [-0.1, -0.05) is 18.2 Å². The SMILES string of the molecule is CN=C(NCc1ccccc1-n1nc(C)cc1C)NCC1CCN(C)CC1. The summed E-state index contributed by atoms with van der Waals surface area (Å²) in [7, 11) is 4.03. The Hall–Kier alpha value is -2.34. The normalized spacial score (nSPS) is 16.5. The maximum Gasteiger partial charge on any atom is 0.191 e. The topological polar surface area (TPSA) is 57.5 Å². The van der Waals surface area contributed by atoms with Crippen LogP contribution in [0, 0.1) is 19.8 Å². The van der Waals surface area contributed by atoms with Crippen LogP contribution in [-0.2, 0) is 6.54 Å². The van der Waals surface area contributed by atoms with Crippen molar-refractivity contribution in [3.63, 3.8) is 0 Å². The molecule has 6 nitrogen and oxygen atoms in total. The number of nitrogens with zero attached hydrogens (tertiary/aromatic N) is 4. The second-order valence-electron chi connectivity index (χ2n) is 7.52. The van der Waals surface area contributed by atoms with E-state index in [1.54, 1.807) is 0 Å². The Bertz CT molecular complexity index is 771. The second kappa shape index (κ2) is 9.04. The molecule has 1 aromatic heterocycles. The summed E-state index contributed by atoms with van der Waals surface area (Å²) in [6.07, 6.45) is 2.50. The van der Waals surface area contributed by atoms with Crippen molar-refractivity contribution in [3.8, 4) is 5.69 Å². The number of likely N-dealkylation sites (tertiary alicyclic amines) is 1. The highest BCUT2D eigenvalue weighted by atomic mass is 15.3. The molecule has 1 aromatic carbocycles. The first kappa shape index (κ1) is 19.4. The molecule has 2 aromatic rings. The van der Waals surface area contributed by atoms with Crippen molar-refractivity contribution in [2.24, 2.45) is 10.9 Å². The first-order valence-corrected chi connectivity index (χ1v) is 9.81. The zero-order valence-corrected chi connectivity index (χ0v) is 17.0. The zero-order valence-electron chi connectivity index (χ0n) is 17.0. The van der Waals surface area contributed by atoms with Gasteiger partial charge >= 0.3 is 0 Å². The summed E-state index contributed by atoms with van der Waals surface area (Å²) in [5.41, 5.74) is 4.49. The average molecular weight is 369 g/mol. The van der Waals surface area contributed by atoms with Gasteiger partial charge in [-0.05, 0) is 70.4 Å². The van der Waals surface area contributed by atoms with E-state index in [9.17, 15) is 0 Å². The van der Waals surface area contributed by atoms with Crippen molar-refractivity contribution < 1.29 is 0 Å². The van der Waals surface area contributed by atoms with Gasteiger partial charge in [0.25, 0.3) is 0 Å². The Morgan fingerprint density at radius 1 is 1.19 bits per heavy atom. The van der Waals surface area contributed by atoms with Crippen molar-refractivity contribution in [1.29, 1.82) is 0 Å². The summed E-state index contributed by atoms with van der Waals surface area (Å²) >= 11 is 0. The number of aliphatic imine (C=N–C) groups is 1. The van der Waals surface area contributed by atoms with Gasteiger partial charge in [0.05, 0.1) is 11.4 Å². The molecule has 146 valence electrons. The average Bonchev–Trinajstić information content (AvgIpc) is 3.01. The fraction of sp³-hybridized carbons (Fsp3) is 0.524. The number of hydrogen-bond donors (Lipinski definition) is 2. The molecular formula is C21H32N6. The van der Waals surface area contributed by atoms with E-state index in [2.05, 4.69) is 69.9 Å². The molecule has 27 heavy (non-hydrogen) atoms. The minimum atomic E-state index is 0.710. The Balaban J connectivity index is 1.60.